The van der Waals surface area contributed by atoms with Crippen molar-refractivity contribution in [3.63, 3.8) is 0 Å². The highest BCUT2D eigenvalue weighted by Gasteiger charge is 2.22. The number of anilines is 1. The number of hydrogen-bond donors (Lipinski definition) is 1. The second-order valence-corrected chi connectivity index (χ2v) is 6.05. The molecular weight excluding hydrogens is 255 g/mol. The molecule has 2 heterocycles. The molecule has 1 aromatic rings. The lowest BCUT2D eigenvalue weighted by Crippen LogP contribution is -2.22. The minimum absolute atomic E-state index is 0.0951. The first kappa shape index (κ1) is 13.8. The minimum atomic E-state index is -0.0951. The van der Waals surface area contributed by atoms with Gasteiger partial charge in [0.2, 0.25) is 0 Å². The van der Waals surface area contributed by atoms with E-state index in [2.05, 4.69) is 9.80 Å². The molecule has 0 amide bonds. The van der Waals surface area contributed by atoms with Crippen LogP contribution in [0, 0.1) is 11.7 Å². The Morgan fingerprint density at radius 2 is 2.00 bits per heavy atom. The molecule has 20 heavy (non-hydrogen) atoms. The predicted molar refractivity (Wildman–Crippen MR) is 78.3 cm³/mol. The summed E-state index contributed by atoms with van der Waals surface area (Å²) < 4.78 is 14.2. The van der Waals surface area contributed by atoms with Crippen molar-refractivity contribution in [2.45, 2.75) is 25.8 Å². The van der Waals surface area contributed by atoms with Crippen LogP contribution in [0.1, 0.15) is 24.8 Å². The third kappa shape index (κ3) is 2.96. The summed E-state index contributed by atoms with van der Waals surface area (Å²) in [6.45, 7) is 4.92. The molecule has 2 aliphatic rings. The normalized spacial score (nSPS) is 23.7. The third-order valence-corrected chi connectivity index (χ3v) is 4.49. The zero-order valence-corrected chi connectivity index (χ0v) is 11.9. The zero-order chi connectivity index (χ0) is 13.9. The molecule has 2 saturated heterocycles. The van der Waals surface area contributed by atoms with E-state index in [1.165, 1.54) is 0 Å². The fraction of sp³-hybridized carbons (Fsp3) is 0.625. The molecule has 3 rings (SSSR count). The van der Waals surface area contributed by atoms with Gasteiger partial charge >= 0.3 is 0 Å². The summed E-state index contributed by atoms with van der Waals surface area (Å²) in [5.41, 5.74) is 1.78. The lowest BCUT2D eigenvalue weighted by atomic mass is 10.1. The topological polar surface area (TPSA) is 26.7 Å². The molecule has 0 aliphatic carbocycles. The third-order valence-electron chi connectivity index (χ3n) is 4.49. The van der Waals surface area contributed by atoms with Gasteiger partial charge in [0, 0.05) is 32.8 Å². The van der Waals surface area contributed by atoms with Gasteiger partial charge in [-0.2, -0.15) is 0 Å². The van der Waals surface area contributed by atoms with Gasteiger partial charge in [0.15, 0.2) is 0 Å². The van der Waals surface area contributed by atoms with Crippen LogP contribution in [0.3, 0.4) is 0 Å². The summed E-state index contributed by atoms with van der Waals surface area (Å²) in [6, 6.07) is 5.65. The number of rotatable bonds is 4. The first-order chi connectivity index (χ1) is 9.76. The first-order valence-corrected chi connectivity index (χ1v) is 7.63. The van der Waals surface area contributed by atoms with Crippen LogP contribution in [0.5, 0.6) is 0 Å². The molecule has 0 saturated carbocycles. The number of nitrogens with zero attached hydrogens (tertiary/aromatic N) is 2. The molecular formula is C16H23FN2O. The first-order valence-electron chi connectivity index (χ1n) is 7.63. The summed E-state index contributed by atoms with van der Waals surface area (Å²) in [7, 11) is 0. The van der Waals surface area contributed by atoms with E-state index in [0.717, 1.165) is 63.2 Å². The Hall–Kier alpha value is -1.13. The molecule has 110 valence electrons. The molecule has 0 aromatic heterocycles. The molecule has 1 atom stereocenters. The van der Waals surface area contributed by atoms with Crippen LogP contribution in [-0.4, -0.2) is 42.8 Å². The number of halogens is 1. The Morgan fingerprint density at radius 1 is 1.20 bits per heavy atom. The summed E-state index contributed by atoms with van der Waals surface area (Å²) in [4.78, 5) is 4.43. The SMILES string of the molecule is OC[C@H]1CCN(Cc2ccc(N3CCCC3)c(F)c2)C1. The van der Waals surface area contributed by atoms with Crippen LogP contribution in [-0.2, 0) is 6.54 Å². The molecule has 1 N–H and O–H groups in total. The van der Waals surface area contributed by atoms with Gasteiger partial charge in [0.05, 0.1) is 5.69 Å². The second-order valence-electron chi connectivity index (χ2n) is 6.05. The van der Waals surface area contributed by atoms with Crippen molar-refractivity contribution < 1.29 is 9.50 Å². The Bertz CT molecular complexity index is 460. The van der Waals surface area contributed by atoms with Crippen molar-refractivity contribution >= 4 is 5.69 Å². The van der Waals surface area contributed by atoms with E-state index in [0.29, 0.717) is 5.92 Å². The zero-order valence-electron chi connectivity index (χ0n) is 11.9. The Labute approximate surface area is 120 Å². The van der Waals surface area contributed by atoms with E-state index >= 15 is 0 Å². The quantitative estimate of drug-likeness (QED) is 0.915. The highest BCUT2D eigenvalue weighted by atomic mass is 19.1. The number of hydrogen-bond acceptors (Lipinski definition) is 3. The van der Waals surface area contributed by atoms with Gasteiger partial charge in [-0.05, 0) is 49.4 Å². The van der Waals surface area contributed by atoms with Crippen molar-refractivity contribution in [3.8, 4) is 0 Å². The molecule has 2 fully saturated rings. The molecule has 3 nitrogen and oxygen atoms in total. The summed E-state index contributed by atoms with van der Waals surface area (Å²) in [5, 5.41) is 9.16. The Balaban J connectivity index is 1.64. The van der Waals surface area contributed by atoms with Crippen LogP contribution in [0.4, 0.5) is 10.1 Å². The second kappa shape index (κ2) is 6.10. The molecule has 2 aliphatic heterocycles. The number of aliphatic hydroxyl groups is 1. The maximum atomic E-state index is 14.2. The summed E-state index contributed by atoms with van der Waals surface area (Å²) in [5.74, 6) is 0.297. The van der Waals surface area contributed by atoms with Gasteiger partial charge < -0.3 is 10.0 Å². The molecule has 0 bridgehead atoms. The largest absolute Gasteiger partial charge is 0.396 e. The molecule has 4 heteroatoms. The van der Waals surface area contributed by atoms with Gasteiger partial charge in [-0.3, -0.25) is 4.90 Å². The monoisotopic (exact) mass is 278 g/mol. The van der Waals surface area contributed by atoms with Crippen LogP contribution in [0.15, 0.2) is 18.2 Å². The highest BCUT2D eigenvalue weighted by Crippen LogP contribution is 2.25. The molecule has 0 spiro atoms. The van der Waals surface area contributed by atoms with E-state index in [4.69, 9.17) is 5.11 Å². The van der Waals surface area contributed by atoms with Gasteiger partial charge in [0.25, 0.3) is 0 Å². The Kier molecular flexibility index (Phi) is 4.22. The predicted octanol–water partition coefficient (Wildman–Crippen LogP) is 2.24. The van der Waals surface area contributed by atoms with Gasteiger partial charge in [-0.25, -0.2) is 4.39 Å². The summed E-state index contributed by atoms with van der Waals surface area (Å²) in [6.07, 6.45) is 3.37. The van der Waals surface area contributed by atoms with E-state index in [-0.39, 0.29) is 12.4 Å². The maximum absolute atomic E-state index is 14.2. The number of likely N-dealkylation sites (tertiary alicyclic amines) is 1. The number of aliphatic hydroxyl groups excluding tert-OH is 1. The van der Waals surface area contributed by atoms with E-state index in [1.807, 2.05) is 12.1 Å². The molecule has 0 radical (unpaired) electrons. The van der Waals surface area contributed by atoms with E-state index in [1.54, 1.807) is 6.07 Å². The van der Waals surface area contributed by atoms with Crippen LogP contribution >= 0.6 is 0 Å². The van der Waals surface area contributed by atoms with E-state index in [9.17, 15) is 4.39 Å². The average Bonchev–Trinajstić information content (AvgIpc) is 3.10. The van der Waals surface area contributed by atoms with Gasteiger partial charge in [-0.1, -0.05) is 6.07 Å². The minimum Gasteiger partial charge on any atom is -0.396 e. The van der Waals surface area contributed by atoms with E-state index < -0.39 is 0 Å². The molecule has 1 aromatic carbocycles. The standard InChI is InChI=1S/C16H23FN2O/c17-15-9-13(10-18-8-5-14(11-18)12-20)3-4-16(15)19-6-1-2-7-19/h3-4,9,14,20H,1-2,5-8,10-12H2/t14-/m0/s1. The summed E-state index contributed by atoms with van der Waals surface area (Å²) >= 11 is 0. The lowest BCUT2D eigenvalue weighted by Gasteiger charge is -2.20. The van der Waals surface area contributed by atoms with Crippen molar-refractivity contribution in [1.29, 1.82) is 0 Å². The van der Waals surface area contributed by atoms with Crippen LogP contribution in [0.2, 0.25) is 0 Å². The van der Waals surface area contributed by atoms with Crippen LogP contribution < -0.4 is 4.90 Å². The van der Waals surface area contributed by atoms with Crippen molar-refractivity contribution in [2.24, 2.45) is 5.92 Å². The maximum Gasteiger partial charge on any atom is 0.146 e. The smallest absolute Gasteiger partial charge is 0.146 e. The fourth-order valence-electron chi connectivity index (χ4n) is 3.33. The Morgan fingerprint density at radius 3 is 2.65 bits per heavy atom. The van der Waals surface area contributed by atoms with Crippen molar-refractivity contribution in [3.05, 3.63) is 29.6 Å². The number of benzene rings is 1. The molecule has 0 unspecified atom stereocenters. The fourth-order valence-corrected chi connectivity index (χ4v) is 3.33. The average molecular weight is 278 g/mol. The van der Waals surface area contributed by atoms with Crippen molar-refractivity contribution in [2.75, 3.05) is 37.7 Å². The van der Waals surface area contributed by atoms with Gasteiger partial charge in [-0.15, -0.1) is 0 Å². The van der Waals surface area contributed by atoms with Crippen LogP contribution in [0.25, 0.3) is 0 Å². The highest BCUT2D eigenvalue weighted by molar-refractivity contribution is 5.49. The van der Waals surface area contributed by atoms with Gasteiger partial charge in [0.1, 0.15) is 5.82 Å². The van der Waals surface area contributed by atoms with Crippen molar-refractivity contribution in [1.82, 2.24) is 4.90 Å². The lowest BCUT2D eigenvalue weighted by molar-refractivity contribution is 0.220.